The van der Waals surface area contributed by atoms with Crippen LogP contribution in [0.5, 0.6) is 0 Å². The Balaban J connectivity index is 0.000000146. The molecule has 1 unspecified atom stereocenters. The van der Waals surface area contributed by atoms with E-state index in [1.54, 1.807) is 13.8 Å². The van der Waals surface area contributed by atoms with E-state index in [-0.39, 0.29) is 44.5 Å². The average Bonchev–Trinajstić information content (AvgIpc) is 1.44. The molecule has 0 saturated heterocycles. The lowest BCUT2D eigenvalue weighted by Gasteiger charge is -2.23. The maximum Gasteiger partial charge on any atom is 0.136 e. The van der Waals surface area contributed by atoms with Crippen molar-refractivity contribution in [1.29, 1.82) is 0 Å². The molecule has 3 aliphatic rings. The molecule has 0 bridgehead atoms. The van der Waals surface area contributed by atoms with Gasteiger partial charge in [0.25, 0.3) is 0 Å². The molecule has 0 spiro atoms. The van der Waals surface area contributed by atoms with Crippen molar-refractivity contribution in [3.8, 4) is 134 Å². The summed E-state index contributed by atoms with van der Waals surface area (Å²) in [5.41, 5.74) is -24.1. The van der Waals surface area contributed by atoms with Crippen LogP contribution in [0.3, 0.4) is 0 Å². The Hall–Kier alpha value is -17.8. The van der Waals surface area contributed by atoms with E-state index in [0.29, 0.717) is 0 Å². The Kier molecular flexibility index (Phi) is 8.26. The molecular formula is C141H96O3. The number of para-hydroxylation sites is 3. The van der Waals surface area contributed by atoms with Crippen LogP contribution in [0.2, 0.25) is 0 Å². The fourth-order valence-corrected chi connectivity index (χ4v) is 19.6. The Morgan fingerprint density at radius 2 is 0.410 bits per heavy atom. The third-order valence-electron chi connectivity index (χ3n) is 26.0. The van der Waals surface area contributed by atoms with Gasteiger partial charge < -0.3 is 13.3 Å². The van der Waals surface area contributed by atoms with Gasteiger partial charge in [-0.15, -0.1) is 0 Å². The highest BCUT2D eigenvalue weighted by atomic mass is 16.3. The maximum absolute atomic E-state index is 9.94. The van der Waals surface area contributed by atoms with Gasteiger partial charge in [0, 0.05) is 52.7 Å². The van der Waals surface area contributed by atoms with Crippen LogP contribution in [0.1, 0.15) is 185 Å². The van der Waals surface area contributed by atoms with Crippen molar-refractivity contribution >= 4 is 130 Å². The van der Waals surface area contributed by atoms with Gasteiger partial charge in [-0.05, 0) is 280 Å². The summed E-state index contributed by atoms with van der Waals surface area (Å²) < 4.78 is 742. The first kappa shape index (κ1) is 36.4. The highest BCUT2D eigenvalue weighted by molar-refractivity contribution is 6.27. The zero-order valence-electron chi connectivity index (χ0n) is 154. The molecule has 1 atom stereocenters. The van der Waals surface area contributed by atoms with E-state index in [2.05, 4.69) is 0 Å². The van der Waals surface area contributed by atoms with E-state index in [1.165, 1.54) is 19.9 Å². The molecule has 24 aromatic carbocycles. The largest absolute Gasteiger partial charge is 0.456 e. The van der Waals surface area contributed by atoms with Gasteiger partial charge in [-0.2, -0.15) is 0 Å². The zero-order chi connectivity index (χ0) is 165. The molecule has 3 nitrogen and oxygen atoms in total. The Morgan fingerprint density at radius 1 is 0.160 bits per heavy atom. The second-order valence-corrected chi connectivity index (χ2v) is 34.5. The van der Waals surface area contributed by atoms with Gasteiger partial charge in [-0.3, -0.25) is 0 Å². The first-order valence-electron chi connectivity index (χ1n) is 83.8. The van der Waals surface area contributed by atoms with Crippen LogP contribution in [0.25, 0.3) is 264 Å². The molecule has 0 radical (unpaired) electrons. The van der Waals surface area contributed by atoms with Crippen LogP contribution in [0, 0.1) is 0 Å². The molecule has 0 N–H and O–H groups in total. The lowest BCUT2D eigenvalue weighted by molar-refractivity contribution is 0.660. The van der Waals surface area contributed by atoms with Gasteiger partial charge in [-0.25, -0.2) is 0 Å². The summed E-state index contributed by atoms with van der Waals surface area (Å²) in [6.07, 6.45) is 0. The van der Waals surface area contributed by atoms with E-state index < -0.39 is 741 Å². The van der Waals surface area contributed by atoms with Crippen molar-refractivity contribution in [3.63, 3.8) is 0 Å². The quantitative estimate of drug-likeness (QED) is 0.135. The molecule has 0 amide bonds. The molecule has 3 heteroatoms. The zero-order valence-corrected chi connectivity index (χ0v) is 74.3. The Labute approximate surface area is 947 Å². The van der Waals surface area contributed by atoms with Crippen molar-refractivity contribution in [2.75, 3.05) is 0 Å². The molecule has 3 heterocycles. The van der Waals surface area contributed by atoms with Crippen molar-refractivity contribution in [2.24, 2.45) is 0 Å². The van der Waals surface area contributed by atoms with Gasteiger partial charge >= 0.3 is 0 Å². The highest BCUT2D eigenvalue weighted by Crippen LogP contribution is 2.59. The molecule has 30 rings (SSSR count). The fourth-order valence-electron chi connectivity index (χ4n) is 19.6. The third kappa shape index (κ3) is 12.9. The van der Waals surface area contributed by atoms with Crippen LogP contribution in [-0.2, 0) is 16.2 Å². The molecule has 0 saturated carbocycles. The standard InChI is InChI=1S/3C47H32O/c1-47(2)39-21-9-7-17-36(39)45-38(20-11-22-40(45)47)44-34-15-5-3-13-32(34)43(33-14-4-6-16-35(33)44)30-27-25-29(26-28-30)31-19-12-24-42-46(31)37-18-8-10-23-41(37)48-42;1-47(2)40-19-9-7-12-33(40)34-27-26-31(28-41(34)47)45-37-15-5-3-13-35(37)44(36-14-4-6-16-38(36)45)30-24-22-29(23-25-30)32-18-11-21-43-46(32)39-17-8-10-20-42(39)48-43;1-47(2)40-19-9-7-12-33(40)39-28-31(26-27-41(39)47)45-36-15-5-3-13-34(36)44(35-14-4-6-16-37(35)45)30-24-22-29(23-25-30)32-18-11-21-43-46(32)38-17-8-10-20-42(38)48-43/h3*3-28H,1-2H3/i3D,4D,5D,6D,7D,8D,9D,10D,11D,12D,13D,14D,15D,16D,17D,18D,19D,20D,21D,22D,23D,24D,25D,26D,27D,28D;1D3,3D,4D,5D,6D,7D,8D,9D,10D,11D,12D,13D,14D,15D,16D,17D,18D,19D,20D,21D,22D,23D,24D,25D,26D,27D,28D;3D,4D,5D,6D,7D,8D,9D,10D,11D,12D,13D,14D,15D,16D,17D,18D,19D,20D,21D,22D,23D,24D,25D,26D,28D. The molecule has 3 aliphatic carbocycles. The van der Waals surface area contributed by atoms with Gasteiger partial charge in [0.05, 0.1) is 106 Å². The Bertz CT molecular complexity index is 15000. The van der Waals surface area contributed by atoms with Crippen LogP contribution in [-0.4, -0.2) is 0 Å². The number of hydrogen-bond acceptors (Lipinski definition) is 3. The van der Waals surface area contributed by atoms with Gasteiger partial charge in [0.1, 0.15) is 33.5 Å². The number of furan rings is 3. The molecular weight excluding hydrogens is 1740 g/mol. The number of hydrogen-bond donors (Lipinski definition) is 0. The molecule has 678 valence electrons. The molecule has 3 aromatic heterocycles. The van der Waals surface area contributed by atoms with Gasteiger partial charge in [0.2, 0.25) is 0 Å². The second-order valence-electron chi connectivity index (χ2n) is 34.5. The molecule has 27 aromatic rings. The summed E-state index contributed by atoms with van der Waals surface area (Å²) in [7, 11) is 0. The van der Waals surface area contributed by atoms with Crippen molar-refractivity contribution < 1.29 is 123 Å². The lowest BCUT2D eigenvalue weighted by atomic mass is 9.80. The van der Waals surface area contributed by atoms with Crippen molar-refractivity contribution in [2.45, 2.75) is 57.7 Å². The van der Waals surface area contributed by atoms with Crippen LogP contribution in [0.4, 0.5) is 0 Å². The topological polar surface area (TPSA) is 39.4 Å². The predicted octanol–water partition coefficient (Wildman–Crippen LogP) is 39.6. The van der Waals surface area contributed by atoms with Gasteiger partial charge in [-0.1, -0.05) is 464 Å². The summed E-state index contributed by atoms with van der Waals surface area (Å²) in [5.74, 6) is 0. The summed E-state index contributed by atoms with van der Waals surface area (Å²) in [6.45, 7) is 4.02. The second kappa shape index (κ2) is 32.7. The maximum atomic E-state index is 9.94. The van der Waals surface area contributed by atoms with E-state index in [0.717, 1.165) is 6.92 Å². The number of rotatable bonds is 9. The molecule has 0 aliphatic heterocycles. The van der Waals surface area contributed by atoms with Crippen LogP contribution in [0.15, 0.2) is 485 Å². The van der Waals surface area contributed by atoms with Crippen LogP contribution < -0.4 is 0 Å². The summed E-state index contributed by atoms with van der Waals surface area (Å²) in [5, 5.41) is -10.9. The van der Waals surface area contributed by atoms with Crippen molar-refractivity contribution in [1.82, 2.24) is 0 Å². The van der Waals surface area contributed by atoms with E-state index in [4.69, 9.17) is 79.0 Å². The smallest absolute Gasteiger partial charge is 0.136 e. The normalized spacial score (nSPS) is 21.9. The first-order chi connectivity index (χ1) is 104. The number of fused-ring (bicyclic) bond motifs is 24. The van der Waals surface area contributed by atoms with E-state index in [9.17, 15) is 43.9 Å². The minimum Gasteiger partial charge on any atom is -0.456 e. The third-order valence-corrected chi connectivity index (χ3v) is 26.0. The predicted molar refractivity (Wildman–Crippen MR) is 608 cm³/mol. The lowest BCUT2D eigenvalue weighted by Crippen LogP contribution is -2.14. The summed E-state index contributed by atoms with van der Waals surface area (Å²) >= 11 is 0. The first-order valence-corrected chi connectivity index (χ1v) is 43.8. The average molecular weight is 1920 g/mol. The SMILES string of the molecule is [2H]c1c([2H])c([2H])c2c(c1[2H])-c1c(-c3c4c([2H])c([2H])c([2H])c([2H])c4c(-c4c([2H])c([2H])c(-c5c([2H])c([2H])c([2H])c6oc7c([2H])c([2H])c([2H])c([2H])c7c56)c([2H])c4[2H])c4c([2H])c([2H])c([2H])c([2H])c34)c([2H])c([2H])c([2H])c1C2(C)C.[2H]c1c([2H])c([2H])c2c(c1[2H])-c1c([2H])c([2H])c(-c3c4c([2H])c([2H])c([2H])c([2H])c4c(-c4c([2H])c([2H])c(-c5c([2H])c([2H])c([2H])c6oc7c([2H])c([2H])c([2H])c([2H])c7c56)c([2H])c4[2H])c4c([2H])c([2H])c([2H])c([2H])c34)c([2H])c1C2(C)C([2H])([2H])[2H].[2H]c1cc2c(c([2H])c1-c1c3c([2H])c([2H])c([2H])c([2H])c3c(-c3c([2H])c([2H])c(-c4c([2H])c([2H])c([2H])c5oc6c([2H])c([2H])c([2H])c([2H])c6c45)c([2H])c3[2H])c3c([2H])c([2H])c([2H])c([2H])c13)-c1c([2H])c([2H])c([2H])c([2H])c1C2(C)C. The van der Waals surface area contributed by atoms with E-state index in [1.807, 2.05) is 0 Å². The summed E-state index contributed by atoms with van der Waals surface area (Å²) in [4.78, 5) is 0. The monoisotopic (exact) mass is 1920 g/mol. The highest BCUT2D eigenvalue weighted by Gasteiger charge is 2.40. The summed E-state index contributed by atoms with van der Waals surface area (Å²) in [6, 6.07) is -65.3. The number of benzene rings is 24. The minimum absolute atomic E-state index is 0.0668. The minimum atomic E-state index is -3.31. The van der Waals surface area contributed by atoms with Crippen LogP contribution >= 0.6 is 0 Å². The molecule has 0 fully saturated rings. The molecule has 144 heavy (non-hydrogen) atoms. The fraction of sp³-hybridized carbons (Fsp3) is 0.0638. The Morgan fingerprint density at radius 3 is 0.792 bits per heavy atom. The van der Waals surface area contributed by atoms with Gasteiger partial charge in [0.15, 0.2) is 0 Å². The van der Waals surface area contributed by atoms with E-state index >= 15 is 0 Å². The van der Waals surface area contributed by atoms with Crippen molar-refractivity contribution in [3.05, 3.63) is 505 Å².